The van der Waals surface area contributed by atoms with Gasteiger partial charge in [0, 0.05) is 24.7 Å². The molecular weight excluding hydrogens is 324 g/mol. The lowest BCUT2D eigenvalue weighted by Gasteiger charge is -2.19. The summed E-state index contributed by atoms with van der Waals surface area (Å²) in [4.78, 5) is 14.3. The maximum absolute atomic E-state index is 12.4. The van der Waals surface area contributed by atoms with Crippen LogP contribution in [0.15, 0.2) is 48.5 Å². The molecule has 4 heteroatoms. The topological polar surface area (TPSA) is 55.6 Å². The first-order chi connectivity index (χ1) is 12.3. The summed E-state index contributed by atoms with van der Waals surface area (Å²) in [6.07, 6.45) is 0.881. The van der Waals surface area contributed by atoms with Crippen molar-refractivity contribution < 1.29 is 9.53 Å². The van der Waals surface area contributed by atoms with E-state index in [0.717, 1.165) is 24.3 Å². The third-order valence-corrected chi connectivity index (χ3v) is 4.84. The predicted molar refractivity (Wildman–Crippen MR) is 104 cm³/mol. The van der Waals surface area contributed by atoms with Crippen LogP contribution in [-0.2, 0) is 12.0 Å². The number of nitrogens with zero attached hydrogens (tertiary/aromatic N) is 1. The Morgan fingerprint density at radius 2 is 1.77 bits per heavy atom. The van der Waals surface area contributed by atoms with Gasteiger partial charge in [-0.05, 0) is 47.2 Å². The third-order valence-electron chi connectivity index (χ3n) is 4.84. The van der Waals surface area contributed by atoms with Crippen LogP contribution in [0.2, 0.25) is 0 Å². The van der Waals surface area contributed by atoms with E-state index in [9.17, 15) is 4.79 Å². The molecule has 1 aliphatic rings. The number of hydrogen-bond donors (Lipinski definition) is 1. The first kappa shape index (κ1) is 18.5. The fourth-order valence-electron chi connectivity index (χ4n) is 3.12. The average Bonchev–Trinajstić information content (AvgIpc) is 3.06. The minimum absolute atomic E-state index is 0.0585. The summed E-state index contributed by atoms with van der Waals surface area (Å²) in [5, 5.41) is 0. The van der Waals surface area contributed by atoms with E-state index in [4.69, 9.17) is 10.5 Å². The maximum atomic E-state index is 12.4. The van der Waals surface area contributed by atoms with Crippen molar-refractivity contribution in [3.8, 4) is 5.75 Å². The number of carbonyl (C=O) groups is 1. The van der Waals surface area contributed by atoms with E-state index in [1.165, 1.54) is 5.56 Å². The standard InChI is InChI=1S/C22H28N2O2/c1-22(2,3)18-8-10-20(11-9-18)26-15-16-4-6-17(7-5-16)21(25)24-13-12-19(23)14-24/h4-11,19H,12-15,23H2,1-3H3/t19-/m1/s1. The molecule has 2 N–H and O–H groups in total. The lowest BCUT2D eigenvalue weighted by molar-refractivity contribution is 0.0791. The SMILES string of the molecule is CC(C)(C)c1ccc(OCc2ccc(C(=O)N3CC[C@@H](N)C3)cc2)cc1. The van der Waals surface area contributed by atoms with Crippen molar-refractivity contribution in [3.05, 3.63) is 65.2 Å². The van der Waals surface area contributed by atoms with E-state index < -0.39 is 0 Å². The van der Waals surface area contributed by atoms with Gasteiger partial charge in [-0.3, -0.25) is 4.79 Å². The van der Waals surface area contributed by atoms with Crippen LogP contribution in [0.3, 0.4) is 0 Å². The summed E-state index contributed by atoms with van der Waals surface area (Å²) in [6, 6.07) is 16.0. The highest BCUT2D eigenvalue weighted by atomic mass is 16.5. The van der Waals surface area contributed by atoms with E-state index in [0.29, 0.717) is 18.7 Å². The van der Waals surface area contributed by atoms with E-state index in [-0.39, 0.29) is 17.4 Å². The van der Waals surface area contributed by atoms with Crippen LogP contribution in [0.4, 0.5) is 0 Å². The van der Waals surface area contributed by atoms with Crippen molar-refractivity contribution in [1.82, 2.24) is 4.90 Å². The summed E-state index contributed by atoms with van der Waals surface area (Å²) in [6.45, 7) is 8.46. The maximum Gasteiger partial charge on any atom is 0.253 e. The Balaban J connectivity index is 1.57. The summed E-state index contributed by atoms with van der Waals surface area (Å²) < 4.78 is 5.86. The van der Waals surface area contributed by atoms with Gasteiger partial charge in [0.2, 0.25) is 0 Å². The molecule has 1 atom stereocenters. The Kier molecular flexibility index (Phi) is 5.33. The normalized spacial score (nSPS) is 17.4. The molecule has 0 saturated carbocycles. The number of rotatable bonds is 4. The van der Waals surface area contributed by atoms with Gasteiger partial charge in [0.05, 0.1) is 0 Å². The van der Waals surface area contributed by atoms with Crippen LogP contribution in [0.1, 0.15) is 48.7 Å². The van der Waals surface area contributed by atoms with Gasteiger partial charge in [-0.1, -0.05) is 45.0 Å². The summed E-state index contributed by atoms with van der Waals surface area (Å²) in [5.74, 6) is 0.910. The van der Waals surface area contributed by atoms with Crippen molar-refractivity contribution >= 4 is 5.91 Å². The smallest absolute Gasteiger partial charge is 0.253 e. The first-order valence-electron chi connectivity index (χ1n) is 9.20. The molecule has 0 aromatic heterocycles. The zero-order valence-electron chi connectivity index (χ0n) is 15.9. The van der Waals surface area contributed by atoms with Gasteiger partial charge in [-0.25, -0.2) is 0 Å². The summed E-state index contributed by atoms with van der Waals surface area (Å²) in [5.41, 5.74) is 9.06. The third kappa shape index (κ3) is 4.44. The molecule has 4 nitrogen and oxygen atoms in total. The Labute approximate surface area is 156 Å². The van der Waals surface area contributed by atoms with Crippen molar-refractivity contribution in [2.45, 2.75) is 45.3 Å². The van der Waals surface area contributed by atoms with Crippen LogP contribution in [-0.4, -0.2) is 29.9 Å². The van der Waals surface area contributed by atoms with E-state index in [2.05, 4.69) is 32.9 Å². The van der Waals surface area contributed by atoms with Gasteiger partial charge < -0.3 is 15.4 Å². The van der Waals surface area contributed by atoms with Gasteiger partial charge in [-0.15, -0.1) is 0 Å². The largest absolute Gasteiger partial charge is 0.489 e. The molecule has 2 aromatic rings. The number of nitrogens with two attached hydrogens (primary N) is 1. The number of benzene rings is 2. The number of amides is 1. The van der Waals surface area contributed by atoms with E-state index >= 15 is 0 Å². The summed E-state index contributed by atoms with van der Waals surface area (Å²) in [7, 11) is 0. The first-order valence-corrected chi connectivity index (χ1v) is 9.20. The van der Waals surface area contributed by atoms with Crippen molar-refractivity contribution in [3.63, 3.8) is 0 Å². The number of likely N-dealkylation sites (tertiary alicyclic amines) is 1. The number of hydrogen-bond acceptors (Lipinski definition) is 3. The highest BCUT2D eigenvalue weighted by Gasteiger charge is 2.24. The fourth-order valence-corrected chi connectivity index (χ4v) is 3.12. The highest BCUT2D eigenvalue weighted by molar-refractivity contribution is 5.94. The van der Waals surface area contributed by atoms with E-state index in [1.54, 1.807) is 0 Å². The molecule has 3 rings (SSSR count). The van der Waals surface area contributed by atoms with Crippen molar-refractivity contribution in [2.75, 3.05) is 13.1 Å². The molecule has 0 aliphatic carbocycles. The lowest BCUT2D eigenvalue weighted by atomic mass is 9.87. The van der Waals surface area contributed by atoms with Gasteiger partial charge >= 0.3 is 0 Å². The van der Waals surface area contributed by atoms with Gasteiger partial charge in [-0.2, -0.15) is 0 Å². The fraction of sp³-hybridized carbons (Fsp3) is 0.409. The van der Waals surface area contributed by atoms with Gasteiger partial charge in [0.25, 0.3) is 5.91 Å². The van der Waals surface area contributed by atoms with Crippen LogP contribution in [0.25, 0.3) is 0 Å². The second kappa shape index (κ2) is 7.50. The Hall–Kier alpha value is -2.33. The predicted octanol–water partition coefficient (Wildman–Crippen LogP) is 3.74. The molecule has 1 amide bonds. The Morgan fingerprint density at radius 1 is 1.12 bits per heavy atom. The molecular formula is C22H28N2O2. The average molecular weight is 352 g/mol. The van der Waals surface area contributed by atoms with Crippen LogP contribution >= 0.6 is 0 Å². The molecule has 1 heterocycles. The van der Waals surface area contributed by atoms with Crippen LogP contribution < -0.4 is 10.5 Å². The summed E-state index contributed by atoms with van der Waals surface area (Å²) >= 11 is 0. The van der Waals surface area contributed by atoms with Gasteiger partial charge in [0.1, 0.15) is 12.4 Å². The molecule has 2 aromatic carbocycles. The lowest BCUT2D eigenvalue weighted by Crippen LogP contribution is -2.31. The monoisotopic (exact) mass is 352 g/mol. The molecule has 1 aliphatic heterocycles. The van der Waals surface area contributed by atoms with Crippen molar-refractivity contribution in [1.29, 1.82) is 0 Å². The minimum Gasteiger partial charge on any atom is -0.489 e. The molecule has 26 heavy (non-hydrogen) atoms. The zero-order chi connectivity index (χ0) is 18.7. The Morgan fingerprint density at radius 3 is 2.31 bits per heavy atom. The van der Waals surface area contributed by atoms with Crippen LogP contribution in [0, 0.1) is 0 Å². The van der Waals surface area contributed by atoms with Crippen LogP contribution in [0.5, 0.6) is 5.75 Å². The molecule has 138 valence electrons. The second-order valence-corrected chi connectivity index (χ2v) is 8.06. The number of carbonyl (C=O) groups excluding carboxylic acids is 1. The number of ether oxygens (including phenoxy) is 1. The molecule has 0 radical (unpaired) electrons. The molecule has 1 fully saturated rings. The minimum atomic E-state index is 0.0585. The highest BCUT2D eigenvalue weighted by Crippen LogP contribution is 2.24. The molecule has 0 bridgehead atoms. The Bertz CT molecular complexity index is 745. The van der Waals surface area contributed by atoms with Gasteiger partial charge in [0.15, 0.2) is 0 Å². The molecule has 0 spiro atoms. The molecule has 1 saturated heterocycles. The van der Waals surface area contributed by atoms with Crippen molar-refractivity contribution in [2.24, 2.45) is 5.73 Å². The zero-order valence-corrected chi connectivity index (χ0v) is 15.9. The second-order valence-electron chi connectivity index (χ2n) is 8.06. The van der Waals surface area contributed by atoms with E-state index in [1.807, 2.05) is 41.3 Å². The molecule has 0 unspecified atom stereocenters. The quantitative estimate of drug-likeness (QED) is 0.912.